The maximum Gasteiger partial charge on any atom is 0.274 e. The van der Waals surface area contributed by atoms with Gasteiger partial charge in [0, 0.05) is 38.9 Å². The monoisotopic (exact) mass is 473 g/mol. The standard InChI is InChI=1S/C24H23N7O2S/c1-15-4-3-5-16(12-15)13-31-22(32)19-20(24(31)8-11-33-14-24)34-21(29-19)17-6-9-25-23(27-17)28-18-7-10-26-30(18)2/h3-7,9-10,12H,8,11,13-14H2,1-2H3,(H,25,27,28)/t24-/m1/s1. The molecule has 5 heterocycles. The van der Waals surface area contributed by atoms with E-state index in [2.05, 4.69) is 45.5 Å². The Morgan fingerprint density at radius 2 is 2.12 bits per heavy atom. The first-order chi connectivity index (χ1) is 16.5. The molecule has 0 unspecified atom stereocenters. The summed E-state index contributed by atoms with van der Waals surface area (Å²) in [6.45, 7) is 3.70. The van der Waals surface area contributed by atoms with Crippen molar-refractivity contribution in [3.8, 4) is 10.7 Å². The Labute approximate surface area is 200 Å². The van der Waals surface area contributed by atoms with Crippen molar-refractivity contribution in [3.63, 3.8) is 0 Å². The van der Waals surface area contributed by atoms with Gasteiger partial charge in [-0.3, -0.25) is 9.48 Å². The number of aryl methyl sites for hydroxylation is 2. The number of amides is 1. The van der Waals surface area contributed by atoms with Crippen molar-refractivity contribution in [3.05, 3.63) is 70.5 Å². The molecule has 1 amide bonds. The number of hydrogen-bond acceptors (Lipinski definition) is 8. The van der Waals surface area contributed by atoms with Gasteiger partial charge in [0.2, 0.25) is 5.95 Å². The van der Waals surface area contributed by atoms with Crippen LogP contribution in [0.25, 0.3) is 10.7 Å². The number of hydrogen-bond donors (Lipinski definition) is 1. The largest absolute Gasteiger partial charge is 0.379 e. The Morgan fingerprint density at radius 3 is 2.88 bits per heavy atom. The van der Waals surface area contributed by atoms with Crippen LogP contribution in [0, 0.1) is 6.92 Å². The minimum Gasteiger partial charge on any atom is -0.379 e. The number of ether oxygens (including phenoxy) is 1. The van der Waals surface area contributed by atoms with Gasteiger partial charge in [-0.15, -0.1) is 11.3 Å². The Bertz CT molecular complexity index is 1390. The summed E-state index contributed by atoms with van der Waals surface area (Å²) in [5.74, 6) is 1.18. The normalized spacial score (nSPS) is 19.2. The van der Waals surface area contributed by atoms with Gasteiger partial charge in [0.05, 0.1) is 17.7 Å². The van der Waals surface area contributed by atoms with Crippen molar-refractivity contribution < 1.29 is 9.53 Å². The van der Waals surface area contributed by atoms with E-state index < -0.39 is 5.54 Å². The first-order valence-electron chi connectivity index (χ1n) is 11.1. The average Bonchev–Trinajstić information content (AvgIpc) is 3.60. The minimum absolute atomic E-state index is 0.0493. The maximum atomic E-state index is 13.6. The lowest BCUT2D eigenvalue weighted by Crippen LogP contribution is -2.43. The molecule has 1 saturated heterocycles. The van der Waals surface area contributed by atoms with Crippen LogP contribution in [0.3, 0.4) is 0 Å². The molecule has 0 aliphatic carbocycles. The molecule has 172 valence electrons. The Morgan fingerprint density at radius 1 is 1.21 bits per heavy atom. The van der Waals surface area contributed by atoms with Gasteiger partial charge in [-0.1, -0.05) is 29.8 Å². The molecule has 9 nitrogen and oxygen atoms in total. The third-order valence-electron chi connectivity index (χ3n) is 6.37. The first-order valence-corrected chi connectivity index (χ1v) is 11.9. The maximum absolute atomic E-state index is 13.6. The van der Waals surface area contributed by atoms with Crippen molar-refractivity contribution in [2.45, 2.75) is 25.4 Å². The molecular formula is C24H23N7O2S. The van der Waals surface area contributed by atoms with E-state index in [1.54, 1.807) is 17.1 Å². The number of nitrogens with zero attached hydrogens (tertiary/aromatic N) is 6. The smallest absolute Gasteiger partial charge is 0.274 e. The molecule has 3 aromatic heterocycles. The number of carbonyl (C=O) groups excluding carboxylic acids is 1. The van der Waals surface area contributed by atoms with Crippen molar-refractivity contribution in [2.24, 2.45) is 7.05 Å². The summed E-state index contributed by atoms with van der Waals surface area (Å²) < 4.78 is 7.53. The number of rotatable bonds is 5. The van der Waals surface area contributed by atoms with Crippen LogP contribution in [0.5, 0.6) is 0 Å². The number of nitrogens with one attached hydrogen (secondary N) is 1. The number of thiazole rings is 1. The van der Waals surface area contributed by atoms with E-state index in [-0.39, 0.29) is 5.91 Å². The molecule has 0 radical (unpaired) electrons. The fraction of sp³-hybridized carbons (Fsp3) is 0.292. The Balaban J connectivity index is 1.34. The number of anilines is 2. The highest BCUT2D eigenvalue weighted by Crippen LogP contribution is 2.49. The molecule has 1 fully saturated rings. The second-order valence-corrected chi connectivity index (χ2v) is 9.64. The number of carbonyl (C=O) groups is 1. The molecule has 2 aliphatic heterocycles. The van der Waals surface area contributed by atoms with Gasteiger partial charge in [-0.2, -0.15) is 5.10 Å². The molecule has 10 heteroatoms. The average molecular weight is 474 g/mol. The summed E-state index contributed by atoms with van der Waals surface area (Å²) in [7, 11) is 1.84. The molecular weight excluding hydrogens is 450 g/mol. The summed E-state index contributed by atoms with van der Waals surface area (Å²) >= 11 is 1.52. The first kappa shape index (κ1) is 20.9. The lowest BCUT2D eigenvalue weighted by atomic mass is 9.96. The second kappa shape index (κ2) is 8.00. The van der Waals surface area contributed by atoms with Gasteiger partial charge in [0.1, 0.15) is 27.8 Å². The summed E-state index contributed by atoms with van der Waals surface area (Å²) in [5.41, 5.74) is 2.99. The number of fused-ring (bicyclic) bond motifs is 2. The molecule has 2 aliphatic rings. The summed E-state index contributed by atoms with van der Waals surface area (Å²) in [4.78, 5) is 30.2. The molecule has 1 N–H and O–H groups in total. The molecule has 1 atom stereocenters. The van der Waals surface area contributed by atoms with E-state index in [1.807, 2.05) is 30.1 Å². The van der Waals surface area contributed by atoms with Crippen LogP contribution in [-0.4, -0.2) is 48.8 Å². The SMILES string of the molecule is Cc1cccc(CN2C(=O)c3nc(-c4ccnc(Nc5ccnn5C)n4)sc3[C@]23CCOC3)c1. The van der Waals surface area contributed by atoms with Crippen LogP contribution in [0.1, 0.15) is 32.9 Å². The minimum atomic E-state index is -0.477. The van der Waals surface area contributed by atoms with Crippen LogP contribution < -0.4 is 5.32 Å². The fourth-order valence-corrected chi connectivity index (χ4v) is 5.89. The van der Waals surface area contributed by atoms with E-state index in [9.17, 15) is 4.79 Å². The predicted molar refractivity (Wildman–Crippen MR) is 128 cm³/mol. The Kier molecular flexibility index (Phi) is 4.93. The lowest BCUT2D eigenvalue weighted by molar-refractivity contribution is 0.0464. The third-order valence-corrected chi connectivity index (χ3v) is 7.64. The van der Waals surface area contributed by atoms with Crippen molar-refractivity contribution in [1.29, 1.82) is 0 Å². The highest BCUT2D eigenvalue weighted by molar-refractivity contribution is 7.15. The third kappa shape index (κ3) is 3.37. The summed E-state index contributed by atoms with van der Waals surface area (Å²) in [6.07, 6.45) is 4.15. The van der Waals surface area contributed by atoms with E-state index in [0.29, 0.717) is 42.1 Å². The molecule has 1 spiro atoms. The zero-order chi connectivity index (χ0) is 23.3. The quantitative estimate of drug-likeness (QED) is 0.472. The number of aromatic nitrogens is 5. The van der Waals surface area contributed by atoms with Gasteiger partial charge in [-0.05, 0) is 18.6 Å². The van der Waals surface area contributed by atoms with Crippen LogP contribution in [-0.2, 0) is 23.9 Å². The van der Waals surface area contributed by atoms with E-state index in [1.165, 1.54) is 16.9 Å². The summed E-state index contributed by atoms with van der Waals surface area (Å²) in [5, 5.41) is 8.02. The van der Waals surface area contributed by atoms with Crippen LogP contribution in [0.4, 0.5) is 11.8 Å². The van der Waals surface area contributed by atoms with Gasteiger partial charge in [-0.25, -0.2) is 15.0 Å². The fourth-order valence-electron chi connectivity index (χ4n) is 4.65. The van der Waals surface area contributed by atoms with Crippen molar-refractivity contribution >= 4 is 29.0 Å². The van der Waals surface area contributed by atoms with Crippen LogP contribution in [0.2, 0.25) is 0 Å². The van der Waals surface area contributed by atoms with Crippen LogP contribution in [0.15, 0.2) is 48.8 Å². The van der Waals surface area contributed by atoms with Crippen LogP contribution >= 0.6 is 11.3 Å². The molecule has 34 heavy (non-hydrogen) atoms. The highest BCUT2D eigenvalue weighted by Gasteiger charge is 2.54. The number of benzene rings is 1. The van der Waals surface area contributed by atoms with E-state index in [4.69, 9.17) is 9.72 Å². The van der Waals surface area contributed by atoms with E-state index in [0.717, 1.165) is 22.7 Å². The van der Waals surface area contributed by atoms with Gasteiger partial charge < -0.3 is 15.0 Å². The molecule has 6 rings (SSSR count). The predicted octanol–water partition coefficient (Wildman–Crippen LogP) is 3.66. The zero-order valence-electron chi connectivity index (χ0n) is 18.9. The topological polar surface area (TPSA) is 98.1 Å². The molecule has 1 aromatic carbocycles. The Hall–Kier alpha value is -3.63. The van der Waals surface area contributed by atoms with Crippen molar-refractivity contribution in [2.75, 3.05) is 18.5 Å². The van der Waals surface area contributed by atoms with Gasteiger partial charge in [0.25, 0.3) is 5.91 Å². The molecule has 0 bridgehead atoms. The lowest BCUT2D eigenvalue weighted by Gasteiger charge is -2.34. The molecule has 0 saturated carbocycles. The molecule has 4 aromatic rings. The van der Waals surface area contributed by atoms with E-state index >= 15 is 0 Å². The highest BCUT2D eigenvalue weighted by atomic mass is 32.1. The van der Waals surface area contributed by atoms with Crippen molar-refractivity contribution in [1.82, 2.24) is 29.6 Å². The second-order valence-electron chi connectivity index (χ2n) is 8.64. The van der Waals surface area contributed by atoms with Gasteiger partial charge >= 0.3 is 0 Å². The summed E-state index contributed by atoms with van der Waals surface area (Å²) in [6, 6.07) is 11.9. The van der Waals surface area contributed by atoms with Gasteiger partial charge in [0.15, 0.2) is 0 Å². The zero-order valence-corrected chi connectivity index (χ0v) is 19.7.